The molecule has 0 atom stereocenters. The summed E-state index contributed by atoms with van der Waals surface area (Å²) in [6.45, 7) is 2.68. The van der Waals surface area contributed by atoms with Gasteiger partial charge in [0.05, 0.1) is 5.56 Å². The first-order chi connectivity index (χ1) is 12.8. The Morgan fingerprint density at radius 3 is 2.48 bits per heavy atom. The number of alkyl halides is 3. The van der Waals surface area contributed by atoms with E-state index in [0.29, 0.717) is 29.0 Å². The van der Waals surface area contributed by atoms with Crippen LogP contribution in [0.3, 0.4) is 0 Å². The van der Waals surface area contributed by atoms with Gasteiger partial charge in [-0.05, 0) is 61.7 Å². The predicted molar refractivity (Wildman–Crippen MR) is 94.9 cm³/mol. The largest absolute Gasteiger partial charge is 0.419 e. The van der Waals surface area contributed by atoms with Crippen molar-refractivity contribution in [2.75, 3.05) is 25.0 Å². The minimum atomic E-state index is -4.68. The molecular weight excluding hydrogens is 384 g/mol. The van der Waals surface area contributed by atoms with Gasteiger partial charge in [-0.15, -0.1) is 10.2 Å². The van der Waals surface area contributed by atoms with Crippen molar-refractivity contribution < 1.29 is 17.6 Å². The van der Waals surface area contributed by atoms with Crippen molar-refractivity contribution in [3.8, 4) is 0 Å². The molecule has 0 unspecified atom stereocenters. The number of nitrogens with zero attached hydrogens (tertiary/aromatic N) is 3. The van der Waals surface area contributed by atoms with E-state index in [1.165, 1.54) is 6.07 Å². The lowest BCUT2D eigenvalue weighted by Crippen LogP contribution is -2.35. The summed E-state index contributed by atoms with van der Waals surface area (Å²) in [6.07, 6.45) is -2.84. The van der Waals surface area contributed by atoms with Crippen molar-refractivity contribution in [2.24, 2.45) is 5.92 Å². The topological polar surface area (TPSA) is 41.0 Å². The first-order valence-electron chi connectivity index (χ1n) is 8.62. The van der Waals surface area contributed by atoms with Gasteiger partial charge in [-0.1, -0.05) is 17.7 Å². The molecule has 1 aromatic carbocycles. The molecule has 1 aromatic heterocycles. The summed E-state index contributed by atoms with van der Waals surface area (Å²) in [7, 11) is 0. The number of likely N-dealkylation sites (tertiary alicyclic amines) is 1. The molecule has 27 heavy (non-hydrogen) atoms. The second kappa shape index (κ2) is 8.39. The molecule has 0 bridgehead atoms. The fourth-order valence-electron chi connectivity index (χ4n) is 3.15. The molecule has 0 spiro atoms. The molecule has 2 aromatic rings. The molecule has 2 heterocycles. The first kappa shape index (κ1) is 19.8. The summed E-state index contributed by atoms with van der Waals surface area (Å²) >= 11 is 5.70. The highest BCUT2D eigenvalue weighted by atomic mass is 35.5. The van der Waals surface area contributed by atoms with Gasteiger partial charge < -0.3 is 5.32 Å². The SMILES string of the molecule is Fc1ccc(CN2CCC(CNc3ccc(Cl)nn3)CC2)cc1C(F)(F)F. The van der Waals surface area contributed by atoms with E-state index >= 15 is 0 Å². The number of hydrogen-bond acceptors (Lipinski definition) is 4. The molecule has 1 fully saturated rings. The Kier molecular flexibility index (Phi) is 6.16. The first-order valence-corrected chi connectivity index (χ1v) is 9.00. The van der Waals surface area contributed by atoms with E-state index in [1.54, 1.807) is 12.1 Å². The summed E-state index contributed by atoms with van der Waals surface area (Å²) in [5, 5.41) is 11.3. The quantitative estimate of drug-likeness (QED) is 0.741. The molecule has 1 aliphatic rings. The predicted octanol–water partition coefficient (Wildman–Crippen LogP) is 4.61. The highest BCUT2D eigenvalue weighted by Crippen LogP contribution is 2.32. The van der Waals surface area contributed by atoms with Crippen LogP contribution in [-0.2, 0) is 12.7 Å². The Bertz CT molecular complexity index is 759. The summed E-state index contributed by atoms with van der Waals surface area (Å²) in [4.78, 5) is 2.09. The van der Waals surface area contributed by atoms with Crippen LogP contribution < -0.4 is 5.32 Å². The summed E-state index contributed by atoms with van der Waals surface area (Å²) in [6, 6.07) is 6.64. The normalized spacial score (nSPS) is 16.5. The third kappa shape index (κ3) is 5.52. The lowest BCUT2D eigenvalue weighted by atomic mass is 9.96. The van der Waals surface area contributed by atoms with Gasteiger partial charge >= 0.3 is 6.18 Å². The zero-order valence-corrected chi connectivity index (χ0v) is 15.2. The van der Waals surface area contributed by atoms with Crippen molar-refractivity contribution in [1.82, 2.24) is 15.1 Å². The Balaban J connectivity index is 1.49. The van der Waals surface area contributed by atoms with Crippen LogP contribution in [0.1, 0.15) is 24.0 Å². The molecule has 0 saturated carbocycles. The number of benzene rings is 1. The van der Waals surface area contributed by atoms with Crippen molar-refractivity contribution in [3.63, 3.8) is 0 Å². The van der Waals surface area contributed by atoms with Crippen LogP contribution >= 0.6 is 11.6 Å². The van der Waals surface area contributed by atoms with E-state index in [1.807, 2.05) is 0 Å². The van der Waals surface area contributed by atoms with E-state index in [-0.39, 0.29) is 0 Å². The molecule has 0 amide bonds. The number of halogens is 5. The average Bonchev–Trinajstić information content (AvgIpc) is 2.63. The zero-order valence-electron chi connectivity index (χ0n) is 14.4. The minimum absolute atomic E-state index is 0.336. The van der Waals surface area contributed by atoms with E-state index in [2.05, 4.69) is 20.4 Å². The molecule has 1 aliphatic heterocycles. The maximum Gasteiger partial charge on any atom is 0.419 e. The van der Waals surface area contributed by atoms with Crippen molar-refractivity contribution in [2.45, 2.75) is 25.6 Å². The molecule has 3 rings (SSSR count). The minimum Gasteiger partial charge on any atom is -0.368 e. The van der Waals surface area contributed by atoms with Gasteiger partial charge in [-0.2, -0.15) is 13.2 Å². The Hall–Kier alpha value is -1.93. The number of anilines is 1. The second-order valence-electron chi connectivity index (χ2n) is 6.65. The summed E-state index contributed by atoms with van der Waals surface area (Å²) < 4.78 is 51.9. The molecule has 4 nitrogen and oxygen atoms in total. The summed E-state index contributed by atoms with van der Waals surface area (Å²) in [5.41, 5.74) is -0.736. The molecule has 1 N–H and O–H groups in total. The van der Waals surface area contributed by atoms with Gasteiger partial charge in [0.2, 0.25) is 0 Å². The third-order valence-electron chi connectivity index (χ3n) is 4.65. The fraction of sp³-hybridized carbons (Fsp3) is 0.444. The highest BCUT2D eigenvalue weighted by molar-refractivity contribution is 6.29. The van der Waals surface area contributed by atoms with Crippen molar-refractivity contribution in [1.29, 1.82) is 0 Å². The molecule has 0 aliphatic carbocycles. The van der Waals surface area contributed by atoms with E-state index < -0.39 is 17.6 Å². The van der Waals surface area contributed by atoms with Crippen molar-refractivity contribution >= 4 is 17.4 Å². The standard InChI is InChI=1S/C18H19ClF4N4/c19-16-3-4-17(26-25-16)24-10-12-5-7-27(8-6-12)11-13-1-2-15(20)14(9-13)18(21,22)23/h1-4,9,12H,5-8,10-11H2,(H,24,26). The van der Waals surface area contributed by atoms with Crippen molar-refractivity contribution in [3.05, 3.63) is 52.4 Å². The van der Waals surface area contributed by atoms with Crippen LogP contribution in [0.5, 0.6) is 0 Å². The maximum atomic E-state index is 13.4. The Morgan fingerprint density at radius 2 is 1.85 bits per heavy atom. The smallest absolute Gasteiger partial charge is 0.368 e. The van der Waals surface area contributed by atoms with Crippen LogP contribution in [0.25, 0.3) is 0 Å². The van der Waals surface area contributed by atoms with Gasteiger partial charge in [-0.25, -0.2) is 4.39 Å². The third-order valence-corrected chi connectivity index (χ3v) is 4.85. The molecule has 0 radical (unpaired) electrons. The van der Waals surface area contributed by atoms with Gasteiger partial charge in [0.1, 0.15) is 11.6 Å². The zero-order chi connectivity index (χ0) is 19.4. The van der Waals surface area contributed by atoms with E-state index in [4.69, 9.17) is 11.6 Å². The van der Waals surface area contributed by atoms with Crippen LogP contribution in [-0.4, -0.2) is 34.7 Å². The highest BCUT2D eigenvalue weighted by Gasteiger charge is 2.34. The van der Waals surface area contributed by atoms with Crippen LogP contribution in [0.4, 0.5) is 23.4 Å². The average molecular weight is 403 g/mol. The number of rotatable bonds is 5. The van der Waals surface area contributed by atoms with Gasteiger partial charge in [0.15, 0.2) is 5.15 Å². The van der Waals surface area contributed by atoms with Gasteiger partial charge in [0, 0.05) is 13.1 Å². The number of aromatic nitrogens is 2. The molecule has 1 saturated heterocycles. The Labute approximate surface area is 159 Å². The monoisotopic (exact) mass is 402 g/mol. The second-order valence-corrected chi connectivity index (χ2v) is 7.04. The molecule has 146 valence electrons. The van der Waals surface area contributed by atoms with Crippen LogP contribution in [0, 0.1) is 11.7 Å². The van der Waals surface area contributed by atoms with Gasteiger partial charge in [-0.3, -0.25) is 4.90 Å². The van der Waals surface area contributed by atoms with Crippen LogP contribution in [0.15, 0.2) is 30.3 Å². The molecular formula is C18H19ClF4N4. The number of nitrogens with one attached hydrogen (secondary N) is 1. The Morgan fingerprint density at radius 1 is 1.11 bits per heavy atom. The lowest BCUT2D eigenvalue weighted by Gasteiger charge is -2.32. The van der Waals surface area contributed by atoms with E-state index in [0.717, 1.165) is 44.6 Å². The van der Waals surface area contributed by atoms with Gasteiger partial charge in [0.25, 0.3) is 0 Å². The molecule has 9 heteroatoms. The summed E-state index contributed by atoms with van der Waals surface area (Å²) in [5.74, 6) is -0.133. The maximum absolute atomic E-state index is 13.4. The van der Waals surface area contributed by atoms with Crippen LogP contribution in [0.2, 0.25) is 5.15 Å². The number of piperidine rings is 1. The lowest BCUT2D eigenvalue weighted by molar-refractivity contribution is -0.140. The number of hydrogen-bond donors (Lipinski definition) is 1. The fourth-order valence-corrected chi connectivity index (χ4v) is 3.25. The van der Waals surface area contributed by atoms with E-state index in [9.17, 15) is 17.6 Å².